The second-order valence-corrected chi connectivity index (χ2v) is 6.94. The molecule has 0 spiro atoms. The minimum absolute atomic E-state index is 0.173. The van der Waals surface area contributed by atoms with Crippen LogP contribution in [-0.2, 0) is 16.0 Å². The van der Waals surface area contributed by atoms with E-state index in [4.69, 9.17) is 5.73 Å². The lowest BCUT2D eigenvalue weighted by Gasteiger charge is -2.18. The lowest BCUT2D eigenvalue weighted by Crippen LogP contribution is -2.47. The zero-order valence-corrected chi connectivity index (χ0v) is 15.8. The minimum Gasteiger partial charge on any atom is -0.361 e. The number of anilines is 1. The molecule has 1 unspecified atom stereocenters. The molecule has 6 heteroatoms. The summed E-state index contributed by atoms with van der Waals surface area (Å²) in [5, 5.41) is 8.81. The third-order valence-corrected chi connectivity index (χ3v) is 4.95. The third kappa shape index (κ3) is 4.12. The van der Waals surface area contributed by atoms with E-state index in [-0.39, 0.29) is 18.4 Å². The number of H-pyrrole nitrogens is 1. The molecule has 146 valence electrons. The fourth-order valence-electron chi connectivity index (χ4n) is 3.48. The van der Waals surface area contributed by atoms with Gasteiger partial charge < -0.3 is 21.4 Å². The van der Waals surface area contributed by atoms with Crippen molar-refractivity contribution in [3.05, 3.63) is 78.5 Å². The maximum absolute atomic E-state index is 13.0. The number of carbonyl (C=O) groups excluding carboxylic acids is 2. The van der Waals surface area contributed by atoms with Gasteiger partial charge in [-0.2, -0.15) is 0 Å². The van der Waals surface area contributed by atoms with Crippen LogP contribution < -0.4 is 16.4 Å². The lowest BCUT2D eigenvalue weighted by molar-refractivity contribution is -0.125. The molecule has 29 heavy (non-hydrogen) atoms. The van der Waals surface area contributed by atoms with Crippen LogP contribution in [0.2, 0.25) is 0 Å². The van der Waals surface area contributed by atoms with Crippen LogP contribution in [0.25, 0.3) is 21.7 Å². The number of aromatic nitrogens is 1. The maximum Gasteiger partial charge on any atom is 0.247 e. The summed E-state index contributed by atoms with van der Waals surface area (Å²) in [6.45, 7) is -0.173. The highest BCUT2D eigenvalue weighted by Gasteiger charge is 2.22. The van der Waals surface area contributed by atoms with Crippen molar-refractivity contribution in [3.63, 3.8) is 0 Å². The number of rotatable bonds is 6. The van der Waals surface area contributed by atoms with Crippen molar-refractivity contribution < 1.29 is 9.59 Å². The molecule has 0 aliphatic heterocycles. The molecule has 0 fully saturated rings. The highest BCUT2D eigenvalue weighted by Crippen LogP contribution is 2.21. The van der Waals surface area contributed by atoms with E-state index in [1.54, 1.807) is 0 Å². The predicted molar refractivity (Wildman–Crippen MR) is 116 cm³/mol. The number of hydrogen-bond donors (Lipinski definition) is 4. The minimum atomic E-state index is -0.739. The highest BCUT2D eigenvalue weighted by atomic mass is 16.2. The number of nitrogens with two attached hydrogens (primary N) is 1. The number of nitrogens with one attached hydrogen (secondary N) is 3. The van der Waals surface area contributed by atoms with E-state index in [1.165, 1.54) is 0 Å². The largest absolute Gasteiger partial charge is 0.361 e. The van der Waals surface area contributed by atoms with E-state index in [0.717, 1.165) is 27.2 Å². The van der Waals surface area contributed by atoms with Crippen molar-refractivity contribution in [2.75, 3.05) is 11.9 Å². The zero-order chi connectivity index (χ0) is 20.2. The molecule has 4 aromatic rings. The van der Waals surface area contributed by atoms with Gasteiger partial charge in [-0.3, -0.25) is 9.59 Å². The van der Waals surface area contributed by atoms with Crippen LogP contribution in [0.3, 0.4) is 0 Å². The Morgan fingerprint density at radius 2 is 1.72 bits per heavy atom. The van der Waals surface area contributed by atoms with Crippen LogP contribution in [0.5, 0.6) is 0 Å². The molecule has 6 nitrogen and oxygen atoms in total. The van der Waals surface area contributed by atoms with Crippen LogP contribution >= 0.6 is 0 Å². The summed E-state index contributed by atoms with van der Waals surface area (Å²) in [5.41, 5.74) is 8.07. The number of aromatic amines is 1. The summed E-state index contributed by atoms with van der Waals surface area (Å²) in [6, 6.07) is 20.8. The standard InChI is InChI=1S/C23H22N4O2/c24-13-22(28)27-21(12-17-14-25-20-8-4-3-7-19(17)20)23(29)26-18-10-9-15-5-1-2-6-16(15)11-18/h1-11,14,21,25H,12-13,24H2,(H,26,29)(H,27,28). The normalized spacial score (nSPS) is 12.0. The fourth-order valence-corrected chi connectivity index (χ4v) is 3.48. The molecule has 1 aromatic heterocycles. The smallest absolute Gasteiger partial charge is 0.247 e. The summed E-state index contributed by atoms with van der Waals surface area (Å²) in [5.74, 6) is -0.657. The predicted octanol–water partition coefficient (Wildman–Crippen LogP) is 2.95. The van der Waals surface area contributed by atoms with Crippen molar-refractivity contribution in [1.29, 1.82) is 0 Å². The second-order valence-electron chi connectivity index (χ2n) is 6.94. The van der Waals surface area contributed by atoms with Gasteiger partial charge in [0.05, 0.1) is 6.54 Å². The number of carbonyl (C=O) groups is 2. The van der Waals surface area contributed by atoms with Gasteiger partial charge in [-0.15, -0.1) is 0 Å². The zero-order valence-electron chi connectivity index (χ0n) is 15.8. The monoisotopic (exact) mass is 386 g/mol. The number of fused-ring (bicyclic) bond motifs is 2. The van der Waals surface area contributed by atoms with Gasteiger partial charge in [0.1, 0.15) is 6.04 Å². The van der Waals surface area contributed by atoms with Crippen molar-refractivity contribution >= 4 is 39.2 Å². The first-order valence-electron chi connectivity index (χ1n) is 9.48. The molecule has 0 aliphatic carbocycles. The Balaban J connectivity index is 1.57. The number of benzene rings is 3. The van der Waals surface area contributed by atoms with Crippen LogP contribution in [0.4, 0.5) is 5.69 Å². The fraction of sp³-hybridized carbons (Fsp3) is 0.130. The van der Waals surface area contributed by atoms with Gasteiger partial charge in [-0.25, -0.2) is 0 Å². The van der Waals surface area contributed by atoms with E-state index in [2.05, 4.69) is 15.6 Å². The van der Waals surface area contributed by atoms with E-state index in [0.29, 0.717) is 12.1 Å². The third-order valence-electron chi connectivity index (χ3n) is 4.95. The molecular weight excluding hydrogens is 364 g/mol. The van der Waals surface area contributed by atoms with Gasteiger partial charge >= 0.3 is 0 Å². The van der Waals surface area contributed by atoms with E-state index in [9.17, 15) is 9.59 Å². The molecule has 0 saturated carbocycles. The second kappa shape index (κ2) is 8.16. The van der Waals surface area contributed by atoms with Gasteiger partial charge in [0, 0.05) is 29.2 Å². The van der Waals surface area contributed by atoms with Crippen molar-refractivity contribution in [3.8, 4) is 0 Å². The Morgan fingerprint density at radius 3 is 2.55 bits per heavy atom. The first-order valence-corrected chi connectivity index (χ1v) is 9.48. The summed E-state index contributed by atoms with van der Waals surface area (Å²) in [4.78, 5) is 28.1. The Hall–Kier alpha value is -3.64. The Labute approximate surface area is 168 Å². The van der Waals surface area contributed by atoms with Crippen molar-refractivity contribution in [1.82, 2.24) is 10.3 Å². The summed E-state index contributed by atoms with van der Waals surface area (Å²) >= 11 is 0. The van der Waals surface area contributed by atoms with Crippen LogP contribution in [-0.4, -0.2) is 29.4 Å². The van der Waals surface area contributed by atoms with E-state index in [1.807, 2.05) is 72.9 Å². The number of para-hydroxylation sites is 1. The topological polar surface area (TPSA) is 100 Å². The van der Waals surface area contributed by atoms with Gasteiger partial charge in [0.15, 0.2) is 0 Å². The highest BCUT2D eigenvalue weighted by molar-refractivity contribution is 5.99. The van der Waals surface area contributed by atoms with Crippen LogP contribution in [0.1, 0.15) is 5.56 Å². The Kier molecular flexibility index (Phi) is 5.27. The Bertz CT molecular complexity index is 1180. The van der Waals surface area contributed by atoms with Gasteiger partial charge in [0.2, 0.25) is 11.8 Å². The molecule has 1 heterocycles. The van der Waals surface area contributed by atoms with Crippen LogP contribution in [0, 0.1) is 0 Å². The summed E-state index contributed by atoms with van der Waals surface area (Å²) < 4.78 is 0. The molecule has 0 radical (unpaired) electrons. The quantitative estimate of drug-likeness (QED) is 0.410. The number of hydrogen-bond acceptors (Lipinski definition) is 3. The molecule has 4 rings (SSSR count). The van der Waals surface area contributed by atoms with Crippen LogP contribution in [0.15, 0.2) is 72.9 Å². The van der Waals surface area contributed by atoms with E-state index < -0.39 is 6.04 Å². The molecule has 1 atom stereocenters. The van der Waals surface area contributed by atoms with Gasteiger partial charge in [-0.05, 0) is 34.5 Å². The summed E-state index contributed by atoms with van der Waals surface area (Å²) in [6.07, 6.45) is 2.23. The molecular formula is C23H22N4O2. The molecule has 0 bridgehead atoms. The molecule has 0 saturated heterocycles. The molecule has 2 amide bonds. The SMILES string of the molecule is NCC(=O)NC(Cc1c[nH]c2ccccc12)C(=O)Nc1ccc2ccccc2c1. The average Bonchev–Trinajstić information content (AvgIpc) is 3.16. The van der Waals surface area contributed by atoms with Crippen molar-refractivity contribution in [2.24, 2.45) is 5.73 Å². The lowest BCUT2D eigenvalue weighted by atomic mass is 10.0. The molecule has 5 N–H and O–H groups in total. The van der Waals surface area contributed by atoms with Crippen molar-refractivity contribution in [2.45, 2.75) is 12.5 Å². The average molecular weight is 386 g/mol. The molecule has 3 aromatic carbocycles. The van der Waals surface area contributed by atoms with Gasteiger partial charge in [-0.1, -0.05) is 48.5 Å². The first-order chi connectivity index (χ1) is 14.1. The summed E-state index contributed by atoms with van der Waals surface area (Å²) in [7, 11) is 0. The van der Waals surface area contributed by atoms with Gasteiger partial charge in [0.25, 0.3) is 0 Å². The first kappa shape index (κ1) is 18.7. The number of amides is 2. The Morgan fingerprint density at radius 1 is 0.966 bits per heavy atom. The van der Waals surface area contributed by atoms with E-state index >= 15 is 0 Å². The maximum atomic E-state index is 13.0. The molecule has 0 aliphatic rings.